The van der Waals surface area contributed by atoms with Crippen LogP contribution >= 0.6 is 11.8 Å². The molecule has 2 N–H and O–H groups in total. The van der Waals surface area contributed by atoms with Crippen LogP contribution in [-0.2, 0) is 4.79 Å². The van der Waals surface area contributed by atoms with Crippen molar-refractivity contribution in [2.24, 2.45) is 10.9 Å². The minimum Gasteiger partial charge on any atom is -0.360 e. The Morgan fingerprint density at radius 2 is 1.88 bits per heavy atom. The fourth-order valence-electron chi connectivity index (χ4n) is 4.05. The minimum atomic E-state index is 0.136. The zero-order valence-electron chi connectivity index (χ0n) is 19.8. The first-order chi connectivity index (χ1) is 15.9. The minimum absolute atomic E-state index is 0.136. The first-order valence-electron chi connectivity index (χ1n) is 11.6. The van der Waals surface area contributed by atoms with Gasteiger partial charge < -0.3 is 15.5 Å². The van der Waals surface area contributed by atoms with Gasteiger partial charge in [0.05, 0.1) is 6.54 Å². The van der Waals surface area contributed by atoms with Gasteiger partial charge in [-0.3, -0.25) is 9.79 Å². The van der Waals surface area contributed by atoms with Gasteiger partial charge in [0, 0.05) is 35.7 Å². The van der Waals surface area contributed by atoms with Crippen LogP contribution in [0.1, 0.15) is 45.1 Å². The van der Waals surface area contributed by atoms with Crippen LogP contribution < -0.4 is 15.5 Å². The van der Waals surface area contributed by atoms with Gasteiger partial charge in [-0.2, -0.15) is 0 Å². The van der Waals surface area contributed by atoms with E-state index < -0.39 is 0 Å². The summed E-state index contributed by atoms with van der Waals surface area (Å²) in [6.45, 7) is 7.78. The summed E-state index contributed by atoms with van der Waals surface area (Å²) in [5, 5.41) is 7.10. The number of benzene rings is 1. The molecule has 0 atom stereocenters. The van der Waals surface area contributed by atoms with Crippen LogP contribution in [-0.4, -0.2) is 41.8 Å². The summed E-state index contributed by atoms with van der Waals surface area (Å²) in [6.07, 6.45) is 6.35. The van der Waals surface area contributed by atoms with Crippen molar-refractivity contribution in [3.63, 3.8) is 0 Å². The highest BCUT2D eigenvalue weighted by Gasteiger charge is 2.22. The van der Waals surface area contributed by atoms with Crippen molar-refractivity contribution in [2.45, 2.75) is 56.5 Å². The van der Waals surface area contributed by atoms with Gasteiger partial charge in [-0.15, -0.1) is 0 Å². The third-order valence-corrected chi connectivity index (χ3v) is 6.99. The molecule has 1 aliphatic heterocycles. The van der Waals surface area contributed by atoms with Crippen LogP contribution in [0.15, 0.2) is 51.0 Å². The fraction of sp³-hybridized carbons (Fsp3) is 0.440. The predicted octanol–water partition coefficient (Wildman–Crippen LogP) is 5.29. The van der Waals surface area contributed by atoms with Crippen LogP contribution in [0.4, 0.5) is 17.3 Å². The largest absolute Gasteiger partial charge is 0.360 e. The Morgan fingerprint density at radius 3 is 2.52 bits per heavy atom. The number of aromatic nitrogens is 2. The number of nitrogens with one attached hydrogen (secondary N) is 2. The average molecular weight is 465 g/mol. The normalized spacial score (nSPS) is 15.9. The molecule has 0 bridgehead atoms. The van der Waals surface area contributed by atoms with Crippen LogP contribution in [0.25, 0.3) is 0 Å². The van der Waals surface area contributed by atoms with E-state index in [4.69, 9.17) is 9.97 Å². The maximum Gasteiger partial charge on any atom is 0.227 e. The third-order valence-electron chi connectivity index (χ3n) is 6.12. The molecule has 2 heterocycles. The van der Waals surface area contributed by atoms with Crippen LogP contribution in [0, 0.1) is 12.8 Å². The maximum atomic E-state index is 12.4. The number of carbonyl (C=O) groups excluding carboxylic acids is 1. The van der Waals surface area contributed by atoms with Crippen molar-refractivity contribution in [3.05, 3.63) is 41.5 Å². The van der Waals surface area contributed by atoms with E-state index in [2.05, 4.69) is 40.4 Å². The SMILES string of the molecule is CCN(C)c1nc(Sc2ccc(NC(=O)C3CCCC3)cc2)nc(NC2=NCC(C)=C2)c1C. The van der Waals surface area contributed by atoms with E-state index >= 15 is 0 Å². The number of anilines is 3. The zero-order chi connectivity index (χ0) is 23.4. The Morgan fingerprint density at radius 1 is 1.15 bits per heavy atom. The van der Waals surface area contributed by atoms with Crippen molar-refractivity contribution < 1.29 is 4.79 Å². The van der Waals surface area contributed by atoms with Gasteiger partial charge in [-0.25, -0.2) is 9.97 Å². The number of amidine groups is 1. The van der Waals surface area contributed by atoms with Crippen LogP contribution in [0.3, 0.4) is 0 Å². The van der Waals surface area contributed by atoms with Gasteiger partial charge in [0.25, 0.3) is 0 Å². The van der Waals surface area contributed by atoms with E-state index in [1.165, 1.54) is 17.3 Å². The molecule has 0 spiro atoms. The van der Waals surface area contributed by atoms with Crippen molar-refractivity contribution in [1.82, 2.24) is 9.97 Å². The van der Waals surface area contributed by atoms with Gasteiger partial charge in [0.15, 0.2) is 5.16 Å². The lowest BCUT2D eigenvalue weighted by atomic mass is 10.1. The number of amides is 1. The molecule has 1 fully saturated rings. The molecule has 4 rings (SSSR count). The molecule has 0 saturated heterocycles. The topological polar surface area (TPSA) is 82.5 Å². The summed E-state index contributed by atoms with van der Waals surface area (Å²) >= 11 is 1.51. The van der Waals surface area contributed by atoms with E-state index in [1.54, 1.807) is 0 Å². The number of hydrogen-bond donors (Lipinski definition) is 2. The van der Waals surface area contributed by atoms with Crippen LogP contribution in [0.2, 0.25) is 0 Å². The number of aliphatic imine (C=N–C) groups is 1. The molecule has 2 aliphatic rings. The predicted molar refractivity (Wildman–Crippen MR) is 137 cm³/mol. The molecule has 0 radical (unpaired) electrons. The Hall–Kier alpha value is -2.87. The summed E-state index contributed by atoms with van der Waals surface area (Å²) in [7, 11) is 2.03. The summed E-state index contributed by atoms with van der Waals surface area (Å²) in [6, 6.07) is 7.90. The second-order valence-corrected chi connectivity index (χ2v) is 9.77. The lowest BCUT2D eigenvalue weighted by Crippen LogP contribution is -2.21. The lowest BCUT2D eigenvalue weighted by molar-refractivity contribution is -0.119. The molecule has 1 aromatic heterocycles. The quantitative estimate of drug-likeness (QED) is 0.542. The number of hydrogen-bond acceptors (Lipinski definition) is 7. The first-order valence-corrected chi connectivity index (χ1v) is 12.4. The highest BCUT2D eigenvalue weighted by atomic mass is 32.2. The third kappa shape index (κ3) is 5.74. The fourth-order valence-corrected chi connectivity index (χ4v) is 4.80. The second-order valence-electron chi connectivity index (χ2n) is 8.73. The molecule has 1 aromatic carbocycles. The monoisotopic (exact) mass is 464 g/mol. The molecule has 1 amide bonds. The van der Waals surface area contributed by atoms with E-state index in [9.17, 15) is 4.79 Å². The number of nitrogens with zero attached hydrogens (tertiary/aromatic N) is 4. The summed E-state index contributed by atoms with van der Waals surface area (Å²) in [4.78, 5) is 29.7. The molecule has 7 nitrogen and oxygen atoms in total. The van der Waals surface area contributed by atoms with Crippen molar-refractivity contribution in [3.8, 4) is 0 Å². The zero-order valence-corrected chi connectivity index (χ0v) is 20.6. The van der Waals surface area contributed by atoms with Crippen molar-refractivity contribution in [1.29, 1.82) is 0 Å². The Bertz CT molecular complexity index is 1070. The maximum absolute atomic E-state index is 12.4. The molecule has 174 valence electrons. The lowest BCUT2D eigenvalue weighted by Gasteiger charge is -2.21. The smallest absolute Gasteiger partial charge is 0.227 e. The van der Waals surface area contributed by atoms with E-state index in [0.29, 0.717) is 5.16 Å². The van der Waals surface area contributed by atoms with Crippen LogP contribution in [0.5, 0.6) is 0 Å². The Labute approximate surface area is 200 Å². The molecular formula is C25H32N6OS. The summed E-state index contributed by atoms with van der Waals surface area (Å²) in [5.41, 5.74) is 3.05. The molecule has 8 heteroatoms. The van der Waals surface area contributed by atoms with Gasteiger partial charge in [-0.1, -0.05) is 12.8 Å². The average Bonchev–Trinajstić information content (AvgIpc) is 3.49. The van der Waals surface area contributed by atoms with E-state index in [0.717, 1.165) is 72.4 Å². The number of rotatable bonds is 7. The van der Waals surface area contributed by atoms with E-state index in [1.807, 2.05) is 38.2 Å². The molecular weight excluding hydrogens is 432 g/mol. The van der Waals surface area contributed by atoms with E-state index in [-0.39, 0.29) is 11.8 Å². The molecule has 0 unspecified atom stereocenters. The van der Waals surface area contributed by atoms with Crippen molar-refractivity contribution in [2.75, 3.05) is 35.7 Å². The summed E-state index contributed by atoms with van der Waals surface area (Å²) in [5.74, 6) is 2.79. The second kappa shape index (κ2) is 10.4. The highest BCUT2D eigenvalue weighted by Crippen LogP contribution is 2.32. The molecule has 1 aliphatic carbocycles. The Balaban J connectivity index is 1.51. The standard InChI is InChI=1S/C25H32N6OS/c1-5-31(4)23-17(3)22(28-21-14-16(2)15-26-21)29-25(30-23)33-20-12-10-19(11-13-20)27-24(32)18-8-6-7-9-18/h10-14,18H,5-9,15H2,1-4H3,(H,27,32)(H,26,28,29,30). The van der Waals surface area contributed by atoms with Gasteiger partial charge in [0.1, 0.15) is 17.5 Å². The molecule has 1 saturated carbocycles. The van der Waals surface area contributed by atoms with Gasteiger partial charge in [0.2, 0.25) is 5.91 Å². The summed E-state index contributed by atoms with van der Waals surface area (Å²) < 4.78 is 0. The van der Waals surface area contributed by atoms with Crippen molar-refractivity contribution >= 4 is 40.8 Å². The first kappa shape index (κ1) is 23.3. The van der Waals surface area contributed by atoms with Gasteiger partial charge >= 0.3 is 0 Å². The Kier molecular flexibility index (Phi) is 7.33. The van der Waals surface area contributed by atoms with Gasteiger partial charge in [-0.05, 0) is 81.3 Å². The highest BCUT2D eigenvalue weighted by molar-refractivity contribution is 7.99. The molecule has 2 aromatic rings. The number of carbonyl (C=O) groups is 1. The molecule has 33 heavy (non-hydrogen) atoms.